The van der Waals surface area contributed by atoms with E-state index in [0.29, 0.717) is 43.2 Å². The van der Waals surface area contributed by atoms with Crippen molar-refractivity contribution in [3.63, 3.8) is 0 Å². The molecule has 0 fully saturated rings. The Bertz CT molecular complexity index is 944. The van der Waals surface area contributed by atoms with E-state index in [1.165, 1.54) is 0 Å². The number of amides is 3. The first-order chi connectivity index (χ1) is 16.3. The summed E-state index contributed by atoms with van der Waals surface area (Å²) in [5, 5.41) is 8.43. The Hall–Kier alpha value is -3.39. The van der Waals surface area contributed by atoms with Crippen LogP contribution in [-0.4, -0.2) is 50.6 Å². The zero-order valence-electron chi connectivity index (χ0n) is 20.4. The average molecular weight is 470 g/mol. The normalized spacial score (nSPS) is 11.6. The summed E-state index contributed by atoms with van der Waals surface area (Å²) < 4.78 is 10.5. The molecule has 0 aliphatic carbocycles. The van der Waals surface area contributed by atoms with E-state index in [-0.39, 0.29) is 23.3 Å². The SMILES string of the molecule is CCCOCCNC(=O)C(CC(C)C)NC(=O)c1ccccc1NC(=O)c1ccc(OC)cc1. The van der Waals surface area contributed by atoms with Crippen LogP contribution in [0.2, 0.25) is 0 Å². The molecule has 1 atom stereocenters. The second-order valence-corrected chi connectivity index (χ2v) is 8.29. The molecule has 1 unspecified atom stereocenters. The van der Waals surface area contributed by atoms with E-state index in [1.54, 1.807) is 55.6 Å². The van der Waals surface area contributed by atoms with Gasteiger partial charge in [-0.25, -0.2) is 0 Å². The molecule has 3 amide bonds. The lowest BCUT2D eigenvalue weighted by atomic mass is 10.0. The number of hydrogen-bond acceptors (Lipinski definition) is 5. The number of benzene rings is 2. The highest BCUT2D eigenvalue weighted by atomic mass is 16.5. The van der Waals surface area contributed by atoms with Crippen LogP contribution in [0.5, 0.6) is 5.75 Å². The summed E-state index contributed by atoms with van der Waals surface area (Å²) in [4.78, 5) is 38.5. The van der Waals surface area contributed by atoms with E-state index in [9.17, 15) is 14.4 Å². The van der Waals surface area contributed by atoms with Crippen molar-refractivity contribution >= 4 is 23.4 Å². The van der Waals surface area contributed by atoms with E-state index in [0.717, 1.165) is 6.42 Å². The summed E-state index contributed by atoms with van der Waals surface area (Å²) in [5.74, 6) is -0.220. The van der Waals surface area contributed by atoms with Crippen LogP contribution in [0.3, 0.4) is 0 Å². The fourth-order valence-corrected chi connectivity index (χ4v) is 3.28. The van der Waals surface area contributed by atoms with Crippen molar-refractivity contribution < 1.29 is 23.9 Å². The van der Waals surface area contributed by atoms with Gasteiger partial charge in [0.05, 0.1) is 25.0 Å². The number of carbonyl (C=O) groups is 3. The summed E-state index contributed by atoms with van der Waals surface area (Å²) in [7, 11) is 1.55. The zero-order valence-corrected chi connectivity index (χ0v) is 20.4. The predicted molar refractivity (Wildman–Crippen MR) is 132 cm³/mol. The lowest BCUT2D eigenvalue weighted by Crippen LogP contribution is -2.48. The molecule has 2 aromatic carbocycles. The summed E-state index contributed by atoms with van der Waals surface area (Å²) in [6.07, 6.45) is 1.39. The van der Waals surface area contributed by atoms with Crippen LogP contribution >= 0.6 is 0 Å². The minimum Gasteiger partial charge on any atom is -0.497 e. The first-order valence-electron chi connectivity index (χ1n) is 11.6. The predicted octanol–water partition coefficient (Wildman–Crippen LogP) is 3.63. The van der Waals surface area contributed by atoms with Crippen molar-refractivity contribution in [2.75, 3.05) is 32.2 Å². The van der Waals surface area contributed by atoms with E-state index in [2.05, 4.69) is 16.0 Å². The molecule has 8 nitrogen and oxygen atoms in total. The minimum atomic E-state index is -0.705. The number of ether oxygens (including phenoxy) is 2. The fraction of sp³-hybridized carbons (Fsp3) is 0.423. The Morgan fingerprint density at radius 2 is 1.65 bits per heavy atom. The second kappa shape index (κ2) is 14.0. The second-order valence-electron chi connectivity index (χ2n) is 8.29. The molecule has 0 radical (unpaired) electrons. The van der Waals surface area contributed by atoms with Crippen molar-refractivity contribution in [3.05, 3.63) is 59.7 Å². The minimum absolute atomic E-state index is 0.192. The molecule has 0 saturated heterocycles. The van der Waals surface area contributed by atoms with E-state index < -0.39 is 11.9 Å². The average Bonchev–Trinajstić information content (AvgIpc) is 2.83. The number of methoxy groups -OCH3 is 1. The van der Waals surface area contributed by atoms with Gasteiger partial charge in [0.2, 0.25) is 5.91 Å². The topological polar surface area (TPSA) is 106 Å². The van der Waals surface area contributed by atoms with Gasteiger partial charge in [-0.05, 0) is 55.2 Å². The molecule has 0 heterocycles. The van der Waals surface area contributed by atoms with Crippen LogP contribution in [-0.2, 0) is 9.53 Å². The van der Waals surface area contributed by atoms with Gasteiger partial charge in [-0.2, -0.15) is 0 Å². The maximum Gasteiger partial charge on any atom is 0.255 e. The number of nitrogens with one attached hydrogen (secondary N) is 3. The Morgan fingerprint density at radius 3 is 2.29 bits per heavy atom. The van der Waals surface area contributed by atoms with Gasteiger partial charge >= 0.3 is 0 Å². The zero-order chi connectivity index (χ0) is 24.9. The standard InChI is InChI=1S/C26H35N3O5/c1-5-15-34-16-14-27-26(32)23(17-18(2)3)29-25(31)21-8-6-7-9-22(21)28-24(30)19-10-12-20(33-4)13-11-19/h6-13,18,23H,5,14-17H2,1-4H3,(H,27,32)(H,28,30)(H,29,31). The molecule has 34 heavy (non-hydrogen) atoms. The van der Waals surface area contributed by atoms with Crippen LogP contribution in [0.4, 0.5) is 5.69 Å². The molecule has 2 rings (SSSR count). The van der Waals surface area contributed by atoms with Gasteiger partial charge in [0.15, 0.2) is 0 Å². The molecule has 3 N–H and O–H groups in total. The van der Waals surface area contributed by atoms with E-state index in [4.69, 9.17) is 9.47 Å². The van der Waals surface area contributed by atoms with Gasteiger partial charge in [0.25, 0.3) is 11.8 Å². The smallest absolute Gasteiger partial charge is 0.255 e. The number of carbonyl (C=O) groups excluding carboxylic acids is 3. The first kappa shape index (κ1) is 26.9. The number of anilines is 1. The number of hydrogen-bond donors (Lipinski definition) is 3. The molecular formula is C26H35N3O5. The van der Waals surface area contributed by atoms with Gasteiger partial charge < -0.3 is 25.4 Å². The quantitative estimate of drug-likeness (QED) is 0.389. The maximum atomic E-state index is 13.1. The van der Waals surface area contributed by atoms with Gasteiger partial charge in [0, 0.05) is 18.7 Å². The molecule has 8 heteroatoms. The van der Waals surface area contributed by atoms with Crippen LogP contribution < -0.4 is 20.7 Å². The van der Waals surface area contributed by atoms with E-state index in [1.807, 2.05) is 20.8 Å². The first-order valence-corrected chi connectivity index (χ1v) is 11.6. The molecule has 0 aliphatic heterocycles. The van der Waals surface area contributed by atoms with Gasteiger partial charge in [0.1, 0.15) is 11.8 Å². The van der Waals surface area contributed by atoms with Gasteiger partial charge in [-0.3, -0.25) is 14.4 Å². The molecule has 0 saturated carbocycles. The third-order valence-corrected chi connectivity index (χ3v) is 5.00. The Balaban J connectivity index is 2.08. The monoisotopic (exact) mass is 469 g/mol. The van der Waals surface area contributed by atoms with Crippen LogP contribution in [0.15, 0.2) is 48.5 Å². The lowest BCUT2D eigenvalue weighted by molar-refractivity contribution is -0.123. The van der Waals surface area contributed by atoms with Crippen molar-refractivity contribution in [2.45, 2.75) is 39.7 Å². The fourth-order valence-electron chi connectivity index (χ4n) is 3.28. The van der Waals surface area contributed by atoms with E-state index >= 15 is 0 Å². The van der Waals surface area contributed by atoms with Crippen LogP contribution in [0.1, 0.15) is 54.3 Å². The lowest BCUT2D eigenvalue weighted by Gasteiger charge is -2.21. The molecular weight excluding hydrogens is 434 g/mol. The van der Waals surface area contributed by atoms with Crippen molar-refractivity contribution in [1.29, 1.82) is 0 Å². The summed E-state index contributed by atoms with van der Waals surface area (Å²) in [6, 6.07) is 12.7. The maximum absolute atomic E-state index is 13.1. The largest absolute Gasteiger partial charge is 0.497 e. The third kappa shape index (κ3) is 8.51. The summed E-state index contributed by atoms with van der Waals surface area (Å²) in [5.41, 5.74) is 1.06. The number of rotatable bonds is 13. The molecule has 184 valence electrons. The highest BCUT2D eigenvalue weighted by molar-refractivity contribution is 6.09. The Morgan fingerprint density at radius 1 is 0.941 bits per heavy atom. The number of para-hydroxylation sites is 1. The highest BCUT2D eigenvalue weighted by Gasteiger charge is 2.24. The summed E-state index contributed by atoms with van der Waals surface area (Å²) >= 11 is 0. The van der Waals surface area contributed by atoms with Crippen molar-refractivity contribution in [1.82, 2.24) is 10.6 Å². The van der Waals surface area contributed by atoms with Crippen LogP contribution in [0, 0.1) is 5.92 Å². The molecule has 0 spiro atoms. The van der Waals surface area contributed by atoms with Gasteiger partial charge in [-0.15, -0.1) is 0 Å². The third-order valence-electron chi connectivity index (χ3n) is 5.00. The van der Waals surface area contributed by atoms with Crippen LogP contribution in [0.25, 0.3) is 0 Å². The molecule has 0 bridgehead atoms. The molecule has 2 aromatic rings. The van der Waals surface area contributed by atoms with Crippen molar-refractivity contribution in [2.24, 2.45) is 5.92 Å². The molecule has 0 aromatic heterocycles. The molecule has 0 aliphatic rings. The summed E-state index contributed by atoms with van der Waals surface area (Å²) in [6.45, 7) is 7.42. The van der Waals surface area contributed by atoms with Crippen molar-refractivity contribution in [3.8, 4) is 5.75 Å². The Kier molecular flexibility index (Phi) is 11.1. The highest BCUT2D eigenvalue weighted by Crippen LogP contribution is 2.18. The Labute approximate surface area is 201 Å². The van der Waals surface area contributed by atoms with Gasteiger partial charge in [-0.1, -0.05) is 32.9 Å².